The summed E-state index contributed by atoms with van der Waals surface area (Å²) < 4.78 is 29.8. The second-order valence-corrected chi connectivity index (χ2v) is 7.09. The number of rotatable bonds is 7. The number of aliphatic imine (C=N–C) groups is 1. The molecule has 0 bridgehead atoms. The highest BCUT2D eigenvalue weighted by atomic mass is 35.5. The Hall–Kier alpha value is -1.31. The van der Waals surface area contributed by atoms with Gasteiger partial charge in [0.25, 0.3) is 0 Å². The van der Waals surface area contributed by atoms with Gasteiger partial charge in [-0.3, -0.25) is 0 Å². The molecule has 1 aliphatic heterocycles. The van der Waals surface area contributed by atoms with E-state index in [2.05, 4.69) is 32.3 Å². The first-order valence-electron chi connectivity index (χ1n) is 8.52. The number of benzene rings is 1. The second-order valence-electron chi connectivity index (χ2n) is 6.25. The zero-order valence-electron chi connectivity index (χ0n) is 14.9. The summed E-state index contributed by atoms with van der Waals surface area (Å²) >= 11 is 12.0. The van der Waals surface area contributed by atoms with Crippen molar-refractivity contribution in [3.8, 4) is 5.75 Å². The van der Waals surface area contributed by atoms with E-state index in [1.807, 2.05) is 6.92 Å². The molecule has 0 aromatic heterocycles. The molecule has 1 aliphatic rings. The van der Waals surface area contributed by atoms with Crippen molar-refractivity contribution in [2.45, 2.75) is 26.5 Å². The minimum Gasteiger partial charge on any atom is -0.433 e. The van der Waals surface area contributed by atoms with Gasteiger partial charge in [-0.05, 0) is 45.0 Å². The number of nitrogens with one attached hydrogen (secondary N) is 2. The Balaban J connectivity index is 2.08. The minimum absolute atomic E-state index is 0.0370. The number of hydrogen-bond acceptors (Lipinski definition) is 3. The maximum Gasteiger partial charge on any atom is 0.387 e. The molecule has 146 valence electrons. The first-order valence-corrected chi connectivity index (χ1v) is 9.28. The molecule has 0 radical (unpaired) electrons. The zero-order chi connectivity index (χ0) is 19.1. The molecule has 1 fully saturated rings. The number of nitrogens with zero attached hydrogens (tertiary/aromatic N) is 2. The van der Waals surface area contributed by atoms with Gasteiger partial charge < -0.3 is 20.3 Å². The summed E-state index contributed by atoms with van der Waals surface area (Å²) in [6.45, 7) is 2.73. The average molecular weight is 409 g/mol. The van der Waals surface area contributed by atoms with E-state index in [1.54, 1.807) is 0 Å². The predicted molar refractivity (Wildman–Crippen MR) is 102 cm³/mol. The maximum atomic E-state index is 12.6. The van der Waals surface area contributed by atoms with Crippen molar-refractivity contribution >= 4 is 29.2 Å². The molecule has 1 aromatic rings. The Kier molecular flexibility index (Phi) is 8.18. The predicted octanol–water partition coefficient (Wildman–Crippen LogP) is 3.60. The molecule has 9 heteroatoms. The van der Waals surface area contributed by atoms with Crippen LogP contribution in [0.25, 0.3) is 0 Å². The second kappa shape index (κ2) is 10.1. The Bertz CT molecular complexity index is 631. The Morgan fingerprint density at radius 2 is 2.15 bits per heavy atom. The number of ether oxygens (including phenoxy) is 1. The molecule has 1 atom stereocenters. The van der Waals surface area contributed by atoms with E-state index in [0.717, 1.165) is 26.1 Å². The van der Waals surface area contributed by atoms with Crippen LogP contribution in [0.15, 0.2) is 17.1 Å². The third-order valence-corrected chi connectivity index (χ3v) is 4.59. The third-order valence-electron chi connectivity index (χ3n) is 4.09. The highest BCUT2D eigenvalue weighted by Gasteiger charge is 2.19. The van der Waals surface area contributed by atoms with E-state index in [4.69, 9.17) is 23.2 Å². The van der Waals surface area contributed by atoms with Crippen molar-refractivity contribution < 1.29 is 13.5 Å². The zero-order valence-corrected chi connectivity index (χ0v) is 16.4. The lowest BCUT2D eigenvalue weighted by atomic mass is 10.1. The fourth-order valence-corrected chi connectivity index (χ4v) is 3.47. The number of halogens is 4. The molecule has 0 amide bonds. The molecule has 0 aliphatic carbocycles. The quantitative estimate of drug-likeness (QED) is 0.534. The van der Waals surface area contributed by atoms with Gasteiger partial charge in [-0.2, -0.15) is 8.78 Å². The van der Waals surface area contributed by atoms with Crippen LogP contribution in [0, 0.1) is 5.92 Å². The summed E-state index contributed by atoms with van der Waals surface area (Å²) in [4.78, 5) is 6.74. The van der Waals surface area contributed by atoms with Crippen LogP contribution in [0.5, 0.6) is 5.75 Å². The fourth-order valence-electron chi connectivity index (χ4n) is 2.89. The molecule has 5 nitrogen and oxygen atoms in total. The first kappa shape index (κ1) is 21.0. The Morgan fingerprint density at radius 3 is 2.77 bits per heavy atom. The molecule has 0 saturated carbocycles. The van der Waals surface area contributed by atoms with Crippen LogP contribution in [-0.2, 0) is 6.54 Å². The van der Waals surface area contributed by atoms with Crippen molar-refractivity contribution in [3.05, 3.63) is 27.7 Å². The lowest BCUT2D eigenvalue weighted by molar-refractivity contribution is -0.0503. The Labute approximate surface area is 162 Å². The molecule has 1 saturated heterocycles. The van der Waals surface area contributed by atoms with Crippen molar-refractivity contribution in [2.75, 3.05) is 33.2 Å². The summed E-state index contributed by atoms with van der Waals surface area (Å²) in [5.74, 6) is 1.08. The SMILES string of the molecule is CCNC(=NCc1cc(Cl)cc(Cl)c1OC(F)F)NCC1CCN(C)C1. The van der Waals surface area contributed by atoms with Crippen LogP contribution in [-0.4, -0.2) is 50.7 Å². The van der Waals surface area contributed by atoms with Gasteiger partial charge in [0.2, 0.25) is 0 Å². The highest BCUT2D eigenvalue weighted by molar-refractivity contribution is 6.35. The van der Waals surface area contributed by atoms with Gasteiger partial charge in [0, 0.05) is 30.2 Å². The van der Waals surface area contributed by atoms with E-state index in [1.165, 1.54) is 12.1 Å². The maximum absolute atomic E-state index is 12.6. The standard InChI is InChI=1S/C17H24Cl2F2N4O/c1-3-22-17(23-8-11-4-5-25(2)10-11)24-9-12-6-13(18)7-14(19)15(12)26-16(20)21/h6-7,11,16H,3-5,8-10H2,1-2H3,(H2,22,23,24). The summed E-state index contributed by atoms with van der Waals surface area (Å²) in [6.07, 6.45) is 1.14. The van der Waals surface area contributed by atoms with Crippen LogP contribution < -0.4 is 15.4 Å². The smallest absolute Gasteiger partial charge is 0.387 e. The van der Waals surface area contributed by atoms with Gasteiger partial charge in [0.1, 0.15) is 5.75 Å². The van der Waals surface area contributed by atoms with Crippen LogP contribution in [0.1, 0.15) is 18.9 Å². The molecule has 1 aromatic carbocycles. The normalized spacial score (nSPS) is 18.4. The van der Waals surface area contributed by atoms with Gasteiger partial charge in [-0.25, -0.2) is 4.99 Å². The van der Waals surface area contributed by atoms with Gasteiger partial charge in [-0.15, -0.1) is 0 Å². The van der Waals surface area contributed by atoms with E-state index in [-0.39, 0.29) is 17.3 Å². The third kappa shape index (κ3) is 6.45. The molecule has 0 spiro atoms. The van der Waals surface area contributed by atoms with E-state index >= 15 is 0 Å². The number of guanidine groups is 1. The van der Waals surface area contributed by atoms with Crippen LogP contribution >= 0.6 is 23.2 Å². The highest BCUT2D eigenvalue weighted by Crippen LogP contribution is 2.34. The lowest BCUT2D eigenvalue weighted by Crippen LogP contribution is -2.40. The largest absolute Gasteiger partial charge is 0.433 e. The average Bonchev–Trinajstić information content (AvgIpc) is 2.98. The summed E-state index contributed by atoms with van der Waals surface area (Å²) in [5.41, 5.74) is 0.403. The van der Waals surface area contributed by atoms with Crippen molar-refractivity contribution in [1.29, 1.82) is 0 Å². The molecule has 1 heterocycles. The number of hydrogen-bond donors (Lipinski definition) is 2. The number of likely N-dealkylation sites (tertiary alicyclic amines) is 1. The summed E-state index contributed by atoms with van der Waals surface area (Å²) in [7, 11) is 2.10. The Morgan fingerprint density at radius 1 is 1.38 bits per heavy atom. The first-order chi connectivity index (χ1) is 12.4. The van der Waals surface area contributed by atoms with Crippen LogP contribution in [0.4, 0.5) is 8.78 Å². The molecule has 2 N–H and O–H groups in total. The van der Waals surface area contributed by atoms with E-state index in [0.29, 0.717) is 29.0 Å². The van der Waals surface area contributed by atoms with E-state index < -0.39 is 6.61 Å². The molecular weight excluding hydrogens is 385 g/mol. The van der Waals surface area contributed by atoms with Crippen LogP contribution in [0.2, 0.25) is 10.0 Å². The molecule has 26 heavy (non-hydrogen) atoms. The summed E-state index contributed by atoms with van der Waals surface area (Å²) in [5, 5.41) is 6.83. The monoisotopic (exact) mass is 408 g/mol. The molecular formula is C17H24Cl2F2N4O. The van der Waals surface area contributed by atoms with Gasteiger partial charge >= 0.3 is 6.61 Å². The fraction of sp³-hybridized carbons (Fsp3) is 0.588. The minimum atomic E-state index is -2.97. The van der Waals surface area contributed by atoms with Gasteiger partial charge in [0.05, 0.1) is 11.6 Å². The van der Waals surface area contributed by atoms with Gasteiger partial charge in [0.15, 0.2) is 5.96 Å². The summed E-state index contributed by atoms with van der Waals surface area (Å²) in [6, 6.07) is 2.90. The molecule has 2 rings (SSSR count). The van der Waals surface area contributed by atoms with Crippen molar-refractivity contribution in [2.24, 2.45) is 10.9 Å². The lowest BCUT2D eigenvalue weighted by Gasteiger charge is -2.16. The van der Waals surface area contributed by atoms with E-state index in [9.17, 15) is 8.78 Å². The topological polar surface area (TPSA) is 48.9 Å². The van der Waals surface area contributed by atoms with Crippen molar-refractivity contribution in [1.82, 2.24) is 15.5 Å². The van der Waals surface area contributed by atoms with Gasteiger partial charge in [-0.1, -0.05) is 23.2 Å². The van der Waals surface area contributed by atoms with Crippen molar-refractivity contribution in [3.63, 3.8) is 0 Å². The number of alkyl halides is 2. The molecule has 1 unspecified atom stereocenters. The van der Waals surface area contributed by atoms with Crippen LogP contribution in [0.3, 0.4) is 0 Å².